The van der Waals surface area contributed by atoms with Crippen LogP contribution in [0.25, 0.3) is 6.08 Å². The number of imide groups is 1. The quantitative estimate of drug-likeness (QED) is 0.244. The zero-order chi connectivity index (χ0) is 29.7. The Hall–Kier alpha value is -4.09. The molecule has 1 fully saturated rings. The SMILES string of the molecule is CCOc1cc(/C=C2/SC(=O)N(CC(=O)Nc3ccc(C)c(C)c3)C2=O)cc(Br)c1OCc1ccc(C(=O)O)cc1. The van der Waals surface area contributed by atoms with E-state index in [1.165, 1.54) is 12.1 Å². The van der Waals surface area contributed by atoms with Gasteiger partial charge in [0.15, 0.2) is 11.5 Å². The molecule has 0 atom stereocenters. The van der Waals surface area contributed by atoms with Crippen molar-refractivity contribution in [2.45, 2.75) is 27.4 Å². The van der Waals surface area contributed by atoms with Crippen LogP contribution in [-0.2, 0) is 16.2 Å². The van der Waals surface area contributed by atoms with Gasteiger partial charge < -0.3 is 19.9 Å². The molecule has 0 unspecified atom stereocenters. The summed E-state index contributed by atoms with van der Waals surface area (Å²) in [5, 5.41) is 11.3. The first kappa shape index (κ1) is 29.9. The number of carboxylic acids is 1. The number of carboxylic acid groups (broad SMARTS) is 1. The van der Waals surface area contributed by atoms with E-state index in [0.29, 0.717) is 33.8 Å². The molecule has 0 aliphatic carbocycles. The van der Waals surface area contributed by atoms with Gasteiger partial charge in [-0.25, -0.2) is 4.79 Å². The summed E-state index contributed by atoms with van der Waals surface area (Å²) in [4.78, 5) is 50.4. The second-order valence-electron chi connectivity index (χ2n) is 9.17. The van der Waals surface area contributed by atoms with E-state index in [9.17, 15) is 19.2 Å². The van der Waals surface area contributed by atoms with Gasteiger partial charge in [0.25, 0.3) is 11.1 Å². The third-order valence-electron chi connectivity index (χ3n) is 6.18. The fraction of sp³-hybridized carbons (Fsp3) is 0.200. The Bertz CT molecular complexity index is 1550. The van der Waals surface area contributed by atoms with E-state index in [0.717, 1.165) is 33.4 Å². The summed E-state index contributed by atoms with van der Waals surface area (Å²) in [5.41, 5.74) is 4.23. The maximum atomic E-state index is 13.0. The van der Waals surface area contributed by atoms with Gasteiger partial charge in [-0.1, -0.05) is 18.2 Å². The molecule has 1 saturated heterocycles. The molecule has 0 aromatic heterocycles. The van der Waals surface area contributed by atoms with Crippen LogP contribution >= 0.6 is 27.7 Å². The number of halogens is 1. The molecule has 0 spiro atoms. The summed E-state index contributed by atoms with van der Waals surface area (Å²) in [6.45, 7) is 5.84. The first-order valence-electron chi connectivity index (χ1n) is 12.6. The van der Waals surface area contributed by atoms with Crippen molar-refractivity contribution >= 4 is 62.5 Å². The van der Waals surface area contributed by atoms with Gasteiger partial charge in [-0.2, -0.15) is 0 Å². The van der Waals surface area contributed by atoms with Crippen LogP contribution in [0.2, 0.25) is 0 Å². The van der Waals surface area contributed by atoms with Crippen molar-refractivity contribution in [3.8, 4) is 11.5 Å². The standard InChI is InChI=1S/C30H27BrN2O7S/c1-4-39-24-13-20(12-23(31)27(24)40-16-19-6-8-21(9-7-19)29(36)37)14-25-28(35)33(30(38)41-25)15-26(34)32-22-10-5-17(2)18(3)11-22/h5-14H,4,15-16H2,1-3H3,(H,32,34)(H,36,37)/b25-14+. The number of ether oxygens (including phenoxy) is 2. The monoisotopic (exact) mass is 638 g/mol. The van der Waals surface area contributed by atoms with Crippen molar-refractivity contribution in [2.24, 2.45) is 0 Å². The van der Waals surface area contributed by atoms with Crippen molar-refractivity contribution in [3.63, 3.8) is 0 Å². The van der Waals surface area contributed by atoms with Crippen molar-refractivity contribution in [2.75, 3.05) is 18.5 Å². The van der Waals surface area contributed by atoms with E-state index < -0.39 is 29.6 Å². The Morgan fingerprint density at radius 1 is 1.02 bits per heavy atom. The lowest BCUT2D eigenvalue weighted by Crippen LogP contribution is -2.36. The topological polar surface area (TPSA) is 122 Å². The number of aromatic carboxylic acids is 1. The average Bonchev–Trinajstić information content (AvgIpc) is 3.17. The van der Waals surface area contributed by atoms with Crippen LogP contribution in [-0.4, -0.2) is 46.2 Å². The highest BCUT2D eigenvalue weighted by atomic mass is 79.9. The third-order valence-corrected chi connectivity index (χ3v) is 7.68. The molecule has 3 aromatic carbocycles. The number of hydrogen-bond donors (Lipinski definition) is 2. The second-order valence-corrected chi connectivity index (χ2v) is 11.0. The number of carbonyl (C=O) groups is 4. The maximum absolute atomic E-state index is 13.0. The summed E-state index contributed by atoms with van der Waals surface area (Å²) in [6, 6.07) is 15.3. The number of hydrogen-bond acceptors (Lipinski definition) is 7. The lowest BCUT2D eigenvalue weighted by Gasteiger charge is -2.15. The Kier molecular flexibility index (Phi) is 9.51. The van der Waals surface area contributed by atoms with E-state index in [-0.39, 0.29) is 17.1 Å². The number of thioether (sulfide) groups is 1. The Morgan fingerprint density at radius 3 is 2.41 bits per heavy atom. The number of benzene rings is 3. The first-order valence-corrected chi connectivity index (χ1v) is 14.2. The van der Waals surface area contributed by atoms with Gasteiger partial charge in [0, 0.05) is 5.69 Å². The fourth-order valence-electron chi connectivity index (χ4n) is 3.92. The molecule has 11 heteroatoms. The van der Waals surface area contributed by atoms with Crippen LogP contribution in [0.4, 0.5) is 10.5 Å². The predicted octanol–water partition coefficient (Wildman–Crippen LogP) is 6.42. The minimum atomic E-state index is -1.01. The highest BCUT2D eigenvalue weighted by Gasteiger charge is 2.36. The summed E-state index contributed by atoms with van der Waals surface area (Å²) in [5.74, 6) is -1.19. The lowest BCUT2D eigenvalue weighted by molar-refractivity contribution is -0.127. The Morgan fingerprint density at radius 2 is 1.76 bits per heavy atom. The van der Waals surface area contributed by atoms with Crippen LogP contribution in [0, 0.1) is 13.8 Å². The molecule has 0 radical (unpaired) electrons. The highest BCUT2D eigenvalue weighted by Crippen LogP contribution is 2.39. The van der Waals surface area contributed by atoms with Crippen LogP contribution < -0.4 is 14.8 Å². The van der Waals surface area contributed by atoms with Crippen molar-refractivity contribution in [1.29, 1.82) is 0 Å². The molecular weight excluding hydrogens is 612 g/mol. The van der Waals surface area contributed by atoms with Gasteiger partial charge in [0.05, 0.1) is 21.5 Å². The minimum Gasteiger partial charge on any atom is -0.490 e. The number of carbonyl (C=O) groups excluding carboxylic acids is 3. The van der Waals surface area contributed by atoms with E-state index in [2.05, 4.69) is 21.2 Å². The lowest BCUT2D eigenvalue weighted by atomic mass is 10.1. The molecular formula is C30H27BrN2O7S. The predicted molar refractivity (Wildman–Crippen MR) is 160 cm³/mol. The average molecular weight is 640 g/mol. The number of anilines is 1. The molecule has 1 aliphatic rings. The molecule has 212 valence electrons. The van der Waals surface area contributed by atoms with Crippen LogP contribution in [0.1, 0.15) is 39.5 Å². The van der Waals surface area contributed by atoms with Crippen LogP contribution in [0.5, 0.6) is 11.5 Å². The van der Waals surface area contributed by atoms with Gasteiger partial charge in [-0.05, 0) is 113 Å². The molecule has 0 bridgehead atoms. The number of nitrogens with one attached hydrogen (secondary N) is 1. The molecule has 1 heterocycles. The number of amides is 3. The highest BCUT2D eigenvalue weighted by molar-refractivity contribution is 9.10. The first-order chi connectivity index (χ1) is 19.5. The number of rotatable bonds is 10. The molecule has 0 saturated carbocycles. The second kappa shape index (κ2) is 13.0. The van der Waals surface area contributed by atoms with Crippen LogP contribution in [0.3, 0.4) is 0 Å². The van der Waals surface area contributed by atoms with Gasteiger partial charge in [-0.15, -0.1) is 0 Å². The number of aryl methyl sites for hydroxylation is 2. The Labute approximate surface area is 249 Å². The van der Waals surface area contributed by atoms with E-state index in [1.54, 1.807) is 36.4 Å². The zero-order valence-electron chi connectivity index (χ0n) is 22.5. The minimum absolute atomic E-state index is 0.168. The van der Waals surface area contributed by atoms with Crippen LogP contribution in [0.15, 0.2) is 64.0 Å². The largest absolute Gasteiger partial charge is 0.490 e. The van der Waals surface area contributed by atoms with E-state index >= 15 is 0 Å². The molecule has 3 amide bonds. The molecule has 1 aliphatic heterocycles. The van der Waals surface area contributed by atoms with Gasteiger partial charge in [-0.3, -0.25) is 19.3 Å². The van der Waals surface area contributed by atoms with Crippen molar-refractivity contribution in [1.82, 2.24) is 4.90 Å². The Balaban J connectivity index is 1.47. The van der Waals surface area contributed by atoms with E-state index in [1.807, 2.05) is 32.9 Å². The summed E-state index contributed by atoms with van der Waals surface area (Å²) in [6.07, 6.45) is 1.56. The molecule has 3 aromatic rings. The summed E-state index contributed by atoms with van der Waals surface area (Å²) < 4.78 is 12.3. The summed E-state index contributed by atoms with van der Waals surface area (Å²) in [7, 11) is 0. The van der Waals surface area contributed by atoms with Crippen molar-refractivity contribution < 1.29 is 33.8 Å². The smallest absolute Gasteiger partial charge is 0.335 e. The third kappa shape index (κ3) is 7.36. The molecule has 9 nitrogen and oxygen atoms in total. The van der Waals surface area contributed by atoms with Gasteiger partial charge in [0.1, 0.15) is 13.2 Å². The maximum Gasteiger partial charge on any atom is 0.335 e. The molecule has 41 heavy (non-hydrogen) atoms. The molecule has 4 rings (SSSR count). The van der Waals surface area contributed by atoms with Gasteiger partial charge >= 0.3 is 5.97 Å². The molecule has 2 N–H and O–H groups in total. The fourth-order valence-corrected chi connectivity index (χ4v) is 5.34. The normalized spacial score (nSPS) is 14.0. The van der Waals surface area contributed by atoms with Crippen molar-refractivity contribution in [3.05, 3.63) is 91.8 Å². The summed E-state index contributed by atoms with van der Waals surface area (Å²) >= 11 is 4.26. The van der Waals surface area contributed by atoms with Gasteiger partial charge in [0.2, 0.25) is 5.91 Å². The van der Waals surface area contributed by atoms with E-state index in [4.69, 9.17) is 14.6 Å². The number of nitrogens with zero attached hydrogens (tertiary/aromatic N) is 1. The zero-order valence-corrected chi connectivity index (χ0v) is 24.9.